The summed E-state index contributed by atoms with van der Waals surface area (Å²) in [6, 6.07) is 16.9. The summed E-state index contributed by atoms with van der Waals surface area (Å²) in [7, 11) is 3.14. The quantitative estimate of drug-likeness (QED) is 0.502. The van der Waals surface area contributed by atoms with Gasteiger partial charge in [0, 0.05) is 35.9 Å². The summed E-state index contributed by atoms with van der Waals surface area (Å²) in [5, 5.41) is 7.65. The van der Waals surface area contributed by atoms with Crippen LogP contribution in [-0.2, 0) is 0 Å². The number of pyridine rings is 1. The Morgan fingerprint density at radius 3 is 2.42 bits per heavy atom. The van der Waals surface area contributed by atoms with Crippen molar-refractivity contribution >= 4 is 11.6 Å². The molecule has 0 saturated heterocycles. The highest BCUT2D eigenvalue weighted by Crippen LogP contribution is 2.33. The number of amides is 1. The molecule has 156 valence electrons. The van der Waals surface area contributed by atoms with E-state index in [0.717, 1.165) is 16.8 Å². The monoisotopic (exact) mass is 414 g/mol. The number of rotatable bonds is 6. The average Bonchev–Trinajstić information content (AvgIpc) is 3.27. The fraction of sp³-hybridized carbons (Fsp3) is 0.125. The Morgan fingerprint density at radius 2 is 1.74 bits per heavy atom. The predicted molar refractivity (Wildman–Crippen MR) is 119 cm³/mol. The summed E-state index contributed by atoms with van der Waals surface area (Å²) < 4.78 is 12.4. The Balaban J connectivity index is 1.75. The van der Waals surface area contributed by atoms with E-state index in [1.807, 2.05) is 55.5 Å². The van der Waals surface area contributed by atoms with Crippen LogP contribution in [0.4, 0.5) is 5.69 Å². The number of aromatic nitrogens is 3. The van der Waals surface area contributed by atoms with E-state index in [-0.39, 0.29) is 5.91 Å². The van der Waals surface area contributed by atoms with Crippen molar-refractivity contribution in [1.82, 2.24) is 14.8 Å². The molecular weight excluding hydrogens is 392 g/mol. The van der Waals surface area contributed by atoms with Crippen LogP contribution in [-0.4, -0.2) is 34.9 Å². The summed E-state index contributed by atoms with van der Waals surface area (Å²) in [6.45, 7) is 1.90. The molecule has 1 amide bonds. The molecule has 0 spiro atoms. The van der Waals surface area contributed by atoms with Crippen molar-refractivity contribution in [1.29, 1.82) is 0 Å². The van der Waals surface area contributed by atoms with Crippen LogP contribution >= 0.6 is 0 Å². The smallest absolute Gasteiger partial charge is 0.259 e. The third-order valence-corrected chi connectivity index (χ3v) is 4.89. The maximum atomic E-state index is 13.3. The molecule has 0 atom stereocenters. The zero-order valence-corrected chi connectivity index (χ0v) is 17.5. The van der Waals surface area contributed by atoms with Crippen LogP contribution in [0, 0.1) is 6.92 Å². The molecule has 0 radical (unpaired) electrons. The van der Waals surface area contributed by atoms with Crippen molar-refractivity contribution in [2.75, 3.05) is 19.5 Å². The van der Waals surface area contributed by atoms with E-state index in [1.165, 1.54) is 0 Å². The third-order valence-electron chi connectivity index (χ3n) is 4.89. The van der Waals surface area contributed by atoms with Gasteiger partial charge in [-0.15, -0.1) is 0 Å². The largest absolute Gasteiger partial charge is 0.493 e. The van der Waals surface area contributed by atoms with Gasteiger partial charge in [0.2, 0.25) is 0 Å². The van der Waals surface area contributed by atoms with Gasteiger partial charge in [0.15, 0.2) is 11.5 Å². The summed E-state index contributed by atoms with van der Waals surface area (Å²) in [5.41, 5.74) is 4.08. The predicted octanol–water partition coefficient (Wildman–Crippen LogP) is 4.51. The molecule has 2 aromatic carbocycles. The standard InChI is InChI=1S/C24H22N4O3/c1-16-12-21(30-2)22(31-3)13-20(16)26-24(29)19-15-28(18-9-5-4-6-10-18)27-23(19)17-8-7-11-25-14-17/h4-15H,1-3H3,(H,26,29). The van der Waals surface area contributed by atoms with Crippen LogP contribution in [0.3, 0.4) is 0 Å². The van der Waals surface area contributed by atoms with Gasteiger partial charge < -0.3 is 14.8 Å². The van der Waals surface area contributed by atoms with Crippen LogP contribution in [0.15, 0.2) is 73.2 Å². The van der Waals surface area contributed by atoms with E-state index in [0.29, 0.717) is 28.4 Å². The number of ether oxygens (including phenoxy) is 2. The molecule has 0 aliphatic carbocycles. The topological polar surface area (TPSA) is 78.3 Å². The minimum Gasteiger partial charge on any atom is -0.493 e. The van der Waals surface area contributed by atoms with Gasteiger partial charge in [0.25, 0.3) is 5.91 Å². The minimum atomic E-state index is -0.281. The van der Waals surface area contributed by atoms with E-state index < -0.39 is 0 Å². The number of hydrogen-bond donors (Lipinski definition) is 1. The normalized spacial score (nSPS) is 10.5. The second-order valence-corrected chi connectivity index (χ2v) is 6.89. The highest BCUT2D eigenvalue weighted by Gasteiger charge is 2.20. The van der Waals surface area contributed by atoms with E-state index in [1.54, 1.807) is 43.6 Å². The molecule has 31 heavy (non-hydrogen) atoms. The second-order valence-electron chi connectivity index (χ2n) is 6.89. The first-order valence-electron chi connectivity index (χ1n) is 9.70. The lowest BCUT2D eigenvalue weighted by molar-refractivity contribution is 0.102. The van der Waals surface area contributed by atoms with Crippen LogP contribution in [0.1, 0.15) is 15.9 Å². The van der Waals surface area contributed by atoms with Crippen molar-refractivity contribution < 1.29 is 14.3 Å². The summed E-state index contributed by atoms with van der Waals surface area (Å²) >= 11 is 0. The number of nitrogens with one attached hydrogen (secondary N) is 1. The lowest BCUT2D eigenvalue weighted by Crippen LogP contribution is -2.13. The molecule has 7 heteroatoms. The summed E-state index contributed by atoms with van der Waals surface area (Å²) in [4.78, 5) is 17.5. The van der Waals surface area contributed by atoms with E-state index in [4.69, 9.17) is 9.47 Å². The molecule has 0 unspecified atom stereocenters. The number of benzene rings is 2. The zero-order chi connectivity index (χ0) is 21.8. The van der Waals surface area contributed by atoms with Crippen LogP contribution in [0.2, 0.25) is 0 Å². The molecule has 4 rings (SSSR count). The number of carbonyl (C=O) groups excluding carboxylic acids is 1. The van der Waals surface area contributed by atoms with Crippen LogP contribution in [0.5, 0.6) is 11.5 Å². The Hall–Kier alpha value is -4.13. The molecule has 2 heterocycles. The molecule has 0 bridgehead atoms. The Bertz CT molecular complexity index is 1200. The van der Waals surface area contributed by atoms with Gasteiger partial charge in [-0.05, 0) is 42.8 Å². The maximum Gasteiger partial charge on any atom is 0.259 e. The van der Waals surface area contributed by atoms with Gasteiger partial charge in [0.1, 0.15) is 5.69 Å². The van der Waals surface area contributed by atoms with Gasteiger partial charge in [-0.25, -0.2) is 4.68 Å². The van der Waals surface area contributed by atoms with Gasteiger partial charge in [0.05, 0.1) is 25.5 Å². The SMILES string of the molecule is COc1cc(C)c(NC(=O)c2cn(-c3ccccc3)nc2-c2cccnc2)cc1OC. The van der Waals surface area contributed by atoms with Gasteiger partial charge in [-0.1, -0.05) is 18.2 Å². The van der Waals surface area contributed by atoms with Crippen LogP contribution < -0.4 is 14.8 Å². The van der Waals surface area contributed by atoms with Crippen molar-refractivity contribution in [3.8, 4) is 28.4 Å². The number of nitrogens with zero attached hydrogens (tertiary/aromatic N) is 3. The van der Waals surface area contributed by atoms with Gasteiger partial charge in [-0.3, -0.25) is 9.78 Å². The Kier molecular flexibility index (Phi) is 5.66. The third kappa shape index (κ3) is 4.11. The van der Waals surface area contributed by atoms with E-state index in [2.05, 4.69) is 15.4 Å². The second kappa shape index (κ2) is 8.71. The number of anilines is 1. The lowest BCUT2D eigenvalue weighted by atomic mass is 10.1. The average molecular weight is 414 g/mol. The van der Waals surface area contributed by atoms with E-state index >= 15 is 0 Å². The number of carbonyl (C=O) groups is 1. The first-order valence-corrected chi connectivity index (χ1v) is 9.70. The molecule has 0 aliphatic heterocycles. The molecule has 7 nitrogen and oxygen atoms in total. The summed E-state index contributed by atoms with van der Waals surface area (Å²) in [5.74, 6) is 0.859. The fourth-order valence-electron chi connectivity index (χ4n) is 3.27. The number of para-hydroxylation sites is 1. The van der Waals surface area contributed by atoms with Crippen LogP contribution in [0.25, 0.3) is 16.9 Å². The molecule has 2 aromatic heterocycles. The Labute approximate surface area is 180 Å². The molecule has 0 fully saturated rings. The van der Waals surface area contributed by atoms with Crippen molar-refractivity contribution in [3.05, 3.63) is 84.3 Å². The van der Waals surface area contributed by atoms with Crippen molar-refractivity contribution in [2.45, 2.75) is 6.92 Å². The molecule has 0 aliphatic rings. The number of hydrogen-bond acceptors (Lipinski definition) is 5. The van der Waals surface area contributed by atoms with Gasteiger partial charge >= 0.3 is 0 Å². The zero-order valence-electron chi connectivity index (χ0n) is 17.5. The van der Waals surface area contributed by atoms with Gasteiger partial charge in [-0.2, -0.15) is 5.10 Å². The molecule has 0 saturated carbocycles. The highest BCUT2D eigenvalue weighted by molar-refractivity contribution is 6.08. The number of methoxy groups -OCH3 is 2. The Morgan fingerprint density at radius 1 is 1.00 bits per heavy atom. The minimum absolute atomic E-state index is 0.281. The molecular formula is C24H22N4O3. The molecule has 4 aromatic rings. The van der Waals surface area contributed by atoms with Crippen molar-refractivity contribution in [3.63, 3.8) is 0 Å². The summed E-state index contributed by atoms with van der Waals surface area (Å²) in [6.07, 6.45) is 5.10. The number of aryl methyl sites for hydroxylation is 1. The van der Waals surface area contributed by atoms with Crippen molar-refractivity contribution in [2.24, 2.45) is 0 Å². The maximum absolute atomic E-state index is 13.3. The molecule has 1 N–H and O–H groups in total. The first-order chi connectivity index (χ1) is 15.1. The lowest BCUT2D eigenvalue weighted by Gasteiger charge is -2.13. The first kappa shape index (κ1) is 20.2. The highest BCUT2D eigenvalue weighted by atomic mass is 16.5. The van der Waals surface area contributed by atoms with E-state index in [9.17, 15) is 4.79 Å². The fourth-order valence-corrected chi connectivity index (χ4v) is 3.27.